The monoisotopic (exact) mass is 251 g/mol. The zero-order valence-corrected chi connectivity index (χ0v) is 10.6. The maximum Gasteiger partial charge on any atom is 0.185 e. The Morgan fingerprint density at radius 3 is 2.50 bits per heavy atom. The van der Waals surface area contributed by atoms with Crippen molar-refractivity contribution in [3.05, 3.63) is 34.9 Å². The Bertz CT molecular complexity index is 503. The molecule has 18 heavy (non-hydrogen) atoms. The van der Waals surface area contributed by atoms with Crippen molar-refractivity contribution < 1.29 is 13.6 Å². The highest BCUT2D eigenvalue weighted by Gasteiger charge is 2.27. The van der Waals surface area contributed by atoms with E-state index < -0.39 is 28.9 Å². The van der Waals surface area contributed by atoms with Crippen LogP contribution in [-0.4, -0.2) is 5.78 Å². The van der Waals surface area contributed by atoms with Gasteiger partial charge in [-0.2, -0.15) is 5.26 Å². The van der Waals surface area contributed by atoms with E-state index in [1.54, 1.807) is 0 Å². The summed E-state index contributed by atoms with van der Waals surface area (Å²) in [7, 11) is 0. The third-order valence-corrected chi connectivity index (χ3v) is 2.71. The maximum absolute atomic E-state index is 13.8. The van der Waals surface area contributed by atoms with Crippen molar-refractivity contribution in [1.29, 1.82) is 5.26 Å². The van der Waals surface area contributed by atoms with E-state index in [0.29, 0.717) is 6.42 Å². The second-order valence-electron chi connectivity index (χ2n) is 4.73. The van der Waals surface area contributed by atoms with Gasteiger partial charge in [-0.1, -0.05) is 19.9 Å². The van der Waals surface area contributed by atoms with Crippen molar-refractivity contribution in [3.63, 3.8) is 0 Å². The van der Waals surface area contributed by atoms with Crippen molar-refractivity contribution in [2.24, 2.45) is 11.8 Å². The van der Waals surface area contributed by atoms with Crippen LogP contribution in [0.2, 0.25) is 0 Å². The molecule has 0 aliphatic rings. The van der Waals surface area contributed by atoms with Crippen molar-refractivity contribution in [2.45, 2.75) is 27.2 Å². The first kappa shape index (κ1) is 14.3. The van der Waals surface area contributed by atoms with E-state index in [1.807, 2.05) is 19.9 Å². The van der Waals surface area contributed by atoms with Gasteiger partial charge in [-0.05, 0) is 30.9 Å². The van der Waals surface area contributed by atoms with Crippen molar-refractivity contribution in [1.82, 2.24) is 0 Å². The van der Waals surface area contributed by atoms with Crippen LogP contribution in [0.15, 0.2) is 12.1 Å². The molecule has 0 bridgehead atoms. The van der Waals surface area contributed by atoms with E-state index in [4.69, 9.17) is 5.26 Å². The van der Waals surface area contributed by atoms with Crippen LogP contribution in [0.5, 0.6) is 0 Å². The number of hydrogen-bond acceptors (Lipinski definition) is 2. The molecule has 1 rings (SSSR count). The summed E-state index contributed by atoms with van der Waals surface area (Å²) in [6.07, 6.45) is 0.294. The fourth-order valence-electron chi connectivity index (χ4n) is 1.75. The normalized spacial score (nSPS) is 12.3. The fraction of sp³-hybridized carbons (Fsp3) is 0.429. The smallest absolute Gasteiger partial charge is 0.185 e. The molecule has 0 saturated heterocycles. The van der Waals surface area contributed by atoms with E-state index >= 15 is 0 Å². The van der Waals surface area contributed by atoms with Crippen molar-refractivity contribution in [2.75, 3.05) is 0 Å². The number of carbonyl (C=O) groups is 1. The lowest BCUT2D eigenvalue weighted by atomic mass is 9.90. The van der Waals surface area contributed by atoms with Crippen LogP contribution in [0.3, 0.4) is 0 Å². The van der Waals surface area contributed by atoms with Crippen LogP contribution in [0, 0.1) is 41.7 Å². The summed E-state index contributed by atoms with van der Waals surface area (Å²) in [6, 6.07) is 4.14. The molecule has 0 aromatic heterocycles. The van der Waals surface area contributed by atoms with Crippen LogP contribution in [0.4, 0.5) is 8.78 Å². The Hall–Kier alpha value is -1.76. The van der Waals surface area contributed by atoms with Gasteiger partial charge in [0.15, 0.2) is 5.78 Å². The molecule has 2 nitrogen and oxygen atoms in total. The third kappa shape index (κ3) is 2.92. The summed E-state index contributed by atoms with van der Waals surface area (Å²) >= 11 is 0. The first-order chi connectivity index (χ1) is 8.38. The van der Waals surface area contributed by atoms with E-state index in [2.05, 4.69) is 0 Å². The van der Waals surface area contributed by atoms with Crippen LogP contribution in [0.1, 0.15) is 36.2 Å². The van der Waals surface area contributed by atoms with Gasteiger partial charge >= 0.3 is 0 Å². The summed E-state index contributed by atoms with van der Waals surface area (Å²) < 4.78 is 27.3. The molecule has 0 radical (unpaired) electrons. The second-order valence-corrected chi connectivity index (χ2v) is 4.73. The summed E-state index contributed by atoms with van der Waals surface area (Å²) in [6.45, 7) is 5.15. The number of carbonyl (C=O) groups excluding carboxylic acids is 1. The van der Waals surface area contributed by atoms with Crippen LogP contribution >= 0.6 is 0 Å². The van der Waals surface area contributed by atoms with Gasteiger partial charge in [0.1, 0.15) is 17.6 Å². The first-order valence-corrected chi connectivity index (χ1v) is 5.76. The average molecular weight is 251 g/mol. The molecule has 0 aliphatic heterocycles. The Balaban J connectivity index is 3.18. The molecule has 0 amide bonds. The summed E-state index contributed by atoms with van der Waals surface area (Å²) in [5.74, 6) is -3.45. The molecule has 0 aliphatic carbocycles. The maximum atomic E-state index is 13.8. The second kappa shape index (κ2) is 5.72. The quantitative estimate of drug-likeness (QED) is 0.766. The average Bonchev–Trinajstić information content (AvgIpc) is 2.31. The highest BCUT2D eigenvalue weighted by Crippen LogP contribution is 2.23. The minimum atomic E-state index is -1.00. The van der Waals surface area contributed by atoms with Gasteiger partial charge in [0.05, 0.1) is 11.6 Å². The number of aryl methyl sites for hydroxylation is 1. The lowest BCUT2D eigenvalue weighted by molar-refractivity contribution is 0.0928. The summed E-state index contributed by atoms with van der Waals surface area (Å²) in [5.41, 5.74) is -0.400. The van der Waals surface area contributed by atoms with Gasteiger partial charge in [-0.15, -0.1) is 0 Å². The largest absolute Gasteiger partial charge is 0.292 e. The first-order valence-electron chi connectivity index (χ1n) is 5.76. The zero-order valence-electron chi connectivity index (χ0n) is 10.6. The lowest BCUT2D eigenvalue weighted by Crippen LogP contribution is -2.18. The summed E-state index contributed by atoms with van der Waals surface area (Å²) in [5, 5.41) is 8.94. The molecule has 1 aromatic carbocycles. The van der Waals surface area contributed by atoms with E-state index in [-0.39, 0.29) is 11.5 Å². The van der Waals surface area contributed by atoms with E-state index in [1.165, 1.54) is 13.0 Å². The number of ketones is 1. The van der Waals surface area contributed by atoms with Gasteiger partial charge in [0.25, 0.3) is 0 Å². The molecule has 0 saturated carbocycles. The Morgan fingerprint density at radius 1 is 1.39 bits per heavy atom. The number of halogens is 2. The van der Waals surface area contributed by atoms with E-state index in [0.717, 1.165) is 6.07 Å². The number of hydrogen-bond donors (Lipinski definition) is 0. The third-order valence-electron chi connectivity index (χ3n) is 2.71. The van der Waals surface area contributed by atoms with Gasteiger partial charge in [0.2, 0.25) is 0 Å². The minimum Gasteiger partial charge on any atom is -0.292 e. The summed E-state index contributed by atoms with van der Waals surface area (Å²) in [4.78, 5) is 12.0. The number of rotatable bonds is 4. The van der Waals surface area contributed by atoms with Gasteiger partial charge in [-0.3, -0.25) is 4.79 Å². The zero-order chi connectivity index (χ0) is 13.9. The Kier molecular flexibility index (Phi) is 4.55. The molecule has 0 spiro atoms. The Labute approximate surface area is 105 Å². The lowest BCUT2D eigenvalue weighted by Gasteiger charge is -2.12. The highest BCUT2D eigenvalue weighted by molar-refractivity contribution is 6.00. The molecule has 4 heteroatoms. The number of Topliss-reactive ketones (excluding diaryl/α,β-unsaturated/α-hetero) is 1. The van der Waals surface area contributed by atoms with Crippen LogP contribution in [0.25, 0.3) is 0 Å². The highest BCUT2D eigenvalue weighted by atomic mass is 19.1. The van der Waals surface area contributed by atoms with E-state index in [9.17, 15) is 13.6 Å². The van der Waals surface area contributed by atoms with Crippen molar-refractivity contribution in [3.8, 4) is 6.07 Å². The van der Waals surface area contributed by atoms with Crippen LogP contribution < -0.4 is 0 Å². The molecule has 0 N–H and O–H groups in total. The Morgan fingerprint density at radius 2 is 2.00 bits per heavy atom. The SMILES string of the molecule is Cc1ccc(F)c(C(=O)C(C#N)CC(C)C)c1F. The number of nitriles is 1. The predicted octanol–water partition coefficient (Wildman–Crippen LogP) is 3.64. The molecule has 96 valence electrons. The molecule has 0 fully saturated rings. The molecular formula is C14H15F2NO. The fourth-order valence-corrected chi connectivity index (χ4v) is 1.75. The number of nitrogens with zero attached hydrogens (tertiary/aromatic N) is 1. The molecule has 1 atom stereocenters. The van der Waals surface area contributed by atoms with Crippen LogP contribution in [-0.2, 0) is 0 Å². The van der Waals surface area contributed by atoms with Gasteiger partial charge in [0, 0.05) is 0 Å². The standard InChI is InChI=1S/C14H15F2NO/c1-8(2)6-10(7-17)14(18)12-11(15)5-4-9(3)13(12)16/h4-5,8,10H,6H2,1-3H3. The van der Waals surface area contributed by atoms with Crippen molar-refractivity contribution >= 4 is 5.78 Å². The molecule has 1 aromatic rings. The minimum absolute atomic E-state index is 0.106. The molecule has 1 unspecified atom stereocenters. The predicted molar refractivity (Wildman–Crippen MR) is 64.0 cm³/mol. The van der Waals surface area contributed by atoms with Gasteiger partial charge < -0.3 is 0 Å². The number of benzene rings is 1. The van der Waals surface area contributed by atoms with Gasteiger partial charge in [-0.25, -0.2) is 8.78 Å². The topological polar surface area (TPSA) is 40.9 Å². The molecular weight excluding hydrogens is 236 g/mol. The molecule has 0 heterocycles.